The van der Waals surface area contributed by atoms with Crippen molar-refractivity contribution in [2.75, 3.05) is 39.5 Å². The third kappa shape index (κ3) is 5.61. The summed E-state index contributed by atoms with van der Waals surface area (Å²) < 4.78 is 11.5. The first-order valence-corrected chi connectivity index (χ1v) is 7.69. The Bertz CT molecular complexity index is 402. The van der Waals surface area contributed by atoms with Crippen LogP contribution in [0.25, 0.3) is 0 Å². The minimum Gasteiger partial charge on any atom is -0.380 e. The molecule has 0 aromatic heterocycles. The largest absolute Gasteiger partial charge is 0.380 e. The molecule has 1 aromatic carbocycles. The maximum atomic E-state index is 12.5. The topological polar surface area (TPSA) is 38.8 Å². The van der Waals surface area contributed by atoms with E-state index in [1.165, 1.54) is 0 Å². The molecule has 0 aliphatic carbocycles. The van der Waals surface area contributed by atoms with Crippen LogP contribution in [0.2, 0.25) is 0 Å². The van der Waals surface area contributed by atoms with Crippen LogP contribution in [-0.4, -0.2) is 50.3 Å². The van der Waals surface area contributed by atoms with Gasteiger partial charge in [0.2, 0.25) is 0 Å². The molecule has 20 heavy (non-hydrogen) atoms. The van der Waals surface area contributed by atoms with Crippen molar-refractivity contribution in [2.45, 2.75) is 13.8 Å². The van der Waals surface area contributed by atoms with Gasteiger partial charge in [0.25, 0.3) is 5.91 Å². The minimum absolute atomic E-state index is 0.00289. The summed E-state index contributed by atoms with van der Waals surface area (Å²) in [4.78, 5) is 14.3. The molecular weight excluding hydrogens is 322 g/mol. The van der Waals surface area contributed by atoms with Crippen molar-refractivity contribution < 1.29 is 14.3 Å². The lowest BCUT2D eigenvalue weighted by atomic mass is 10.2. The number of hydrogen-bond acceptors (Lipinski definition) is 3. The molecule has 112 valence electrons. The molecule has 0 aliphatic heterocycles. The molecular formula is C15H22BrNO3. The Morgan fingerprint density at radius 2 is 1.65 bits per heavy atom. The Labute approximate surface area is 129 Å². The van der Waals surface area contributed by atoms with Gasteiger partial charge in [0.15, 0.2) is 0 Å². The lowest BCUT2D eigenvalue weighted by Crippen LogP contribution is -2.37. The second-order valence-corrected chi connectivity index (χ2v) is 5.02. The summed E-state index contributed by atoms with van der Waals surface area (Å²) in [5, 5.41) is 0. The molecule has 0 radical (unpaired) electrons. The van der Waals surface area contributed by atoms with Crippen molar-refractivity contribution in [3.05, 3.63) is 34.3 Å². The molecule has 0 bridgehead atoms. The molecule has 0 aliphatic rings. The third-order valence-electron chi connectivity index (χ3n) is 2.81. The summed E-state index contributed by atoms with van der Waals surface area (Å²) in [7, 11) is 0. The zero-order valence-electron chi connectivity index (χ0n) is 12.1. The van der Waals surface area contributed by atoms with Gasteiger partial charge in [0, 0.05) is 30.8 Å². The van der Waals surface area contributed by atoms with Crippen LogP contribution in [0.1, 0.15) is 24.2 Å². The van der Waals surface area contributed by atoms with Gasteiger partial charge in [-0.15, -0.1) is 0 Å². The Hall–Kier alpha value is -0.910. The van der Waals surface area contributed by atoms with Gasteiger partial charge in [0.05, 0.1) is 18.8 Å². The highest BCUT2D eigenvalue weighted by Crippen LogP contribution is 2.17. The fourth-order valence-electron chi connectivity index (χ4n) is 1.76. The fourth-order valence-corrected chi connectivity index (χ4v) is 2.21. The molecule has 0 atom stereocenters. The van der Waals surface area contributed by atoms with Crippen molar-refractivity contribution in [1.29, 1.82) is 0 Å². The molecule has 1 rings (SSSR count). The van der Waals surface area contributed by atoms with Crippen LogP contribution in [0.3, 0.4) is 0 Å². The predicted octanol–water partition coefficient (Wildman–Crippen LogP) is 2.96. The van der Waals surface area contributed by atoms with Gasteiger partial charge in [-0.25, -0.2) is 0 Å². The molecule has 4 nitrogen and oxygen atoms in total. The first-order chi connectivity index (χ1) is 9.70. The van der Waals surface area contributed by atoms with Gasteiger partial charge < -0.3 is 14.4 Å². The van der Waals surface area contributed by atoms with Gasteiger partial charge in [-0.1, -0.05) is 12.1 Å². The van der Waals surface area contributed by atoms with Crippen molar-refractivity contribution in [3.63, 3.8) is 0 Å². The normalized spacial score (nSPS) is 10.6. The average molecular weight is 344 g/mol. The number of ether oxygens (including phenoxy) is 2. The van der Waals surface area contributed by atoms with Gasteiger partial charge >= 0.3 is 0 Å². The Morgan fingerprint density at radius 3 is 2.15 bits per heavy atom. The molecule has 0 spiro atoms. The Morgan fingerprint density at radius 1 is 1.10 bits per heavy atom. The quantitative estimate of drug-likeness (QED) is 0.647. The standard InChI is InChI=1S/C15H22BrNO3/c1-3-19-11-9-17(10-12-20-4-2)15(18)13-7-5-6-8-14(13)16/h5-8H,3-4,9-12H2,1-2H3. The number of hydrogen-bond donors (Lipinski definition) is 0. The number of benzene rings is 1. The maximum absolute atomic E-state index is 12.5. The van der Waals surface area contributed by atoms with Gasteiger partial charge in [-0.2, -0.15) is 0 Å². The van der Waals surface area contributed by atoms with E-state index >= 15 is 0 Å². The molecule has 0 N–H and O–H groups in total. The zero-order valence-corrected chi connectivity index (χ0v) is 13.7. The summed E-state index contributed by atoms with van der Waals surface area (Å²) in [6, 6.07) is 7.45. The van der Waals surface area contributed by atoms with Crippen molar-refractivity contribution in [3.8, 4) is 0 Å². The van der Waals surface area contributed by atoms with E-state index in [0.717, 1.165) is 4.47 Å². The third-order valence-corrected chi connectivity index (χ3v) is 3.50. The highest BCUT2D eigenvalue weighted by Gasteiger charge is 2.17. The van der Waals surface area contributed by atoms with Crippen molar-refractivity contribution in [1.82, 2.24) is 4.90 Å². The molecule has 1 amide bonds. The van der Waals surface area contributed by atoms with Gasteiger partial charge in [-0.3, -0.25) is 4.79 Å². The smallest absolute Gasteiger partial charge is 0.255 e. The van der Waals surface area contributed by atoms with Crippen LogP contribution in [0.4, 0.5) is 0 Å². The summed E-state index contributed by atoms with van der Waals surface area (Å²) in [5.74, 6) is -0.00289. The summed E-state index contributed by atoms with van der Waals surface area (Å²) in [5.41, 5.74) is 0.667. The first-order valence-electron chi connectivity index (χ1n) is 6.90. The van der Waals surface area contributed by atoms with Crippen LogP contribution >= 0.6 is 15.9 Å². The van der Waals surface area contributed by atoms with E-state index < -0.39 is 0 Å². The Balaban J connectivity index is 2.69. The molecule has 1 aromatic rings. The van der Waals surface area contributed by atoms with Crippen molar-refractivity contribution >= 4 is 21.8 Å². The molecule has 0 heterocycles. The van der Waals surface area contributed by atoms with Crippen molar-refractivity contribution in [2.24, 2.45) is 0 Å². The number of carbonyl (C=O) groups excluding carboxylic acids is 1. The maximum Gasteiger partial charge on any atom is 0.255 e. The molecule has 0 saturated heterocycles. The van der Waals surface area contributed by atoms with E-state index in [1.54, 1.807) is 4.90 Å². The van der Waals surface area contributed by atoms with E-state index in [-0.39, 0.29) is 5.91 Å². The number of amides is 1. The fraction of sp³-hybridized carbons (Fsp3) is 0.533. The SMILES string of the molecule is CCOCCN(CCOCC)C(=O)c1ccccc1Br. The number of halogens is 1. The van der Waals surface area contributed by atoms with Crippen LogP contribution < -0.4 is 0 Å². The van der Waals surface area contributed by atoms with Crippen LogP contribution in [0.15, 0.2) is 28.7 Å². The number of nitrogens with zero attached hydrogens (tertiary/aromatic N) is 1. The monoisotopic (exact) mass is 343 g/mol. The molecule has 0 unspecified atom stereocenters. The van der Waals surface area contributed by atoms with E-state index in [4.69, 9.17) is 9.47 Å². The summed E-state index contributed by atoms with van der Waals surface area (Å²) in [6.07, 6.45) is 0. The lowest BCUT2D eigenvalue weighted by Gasteiger charge is -2.23. The summed E-state index contributed by atoms with van der Waals surface area (Å²) in [6.45, 7) is 7.42. The average Bonchev–Trinajstić information content (AvgIpc) is 2.46. The van der Waals surface area contributed by atoms with E-state index in [2.05, 4.69) is 15.9 Å². The molecule has 5 heteroatoms. The van der Waals surface area contributed by atoms with Crippen LogP contribution in [0, 0.1) is 0 Å². The molecule has 0 fully saturated rings. The molecule has 0 saturated carbocycles. The van der Waals surface area contributed by atoms with Gasteiger partial charge in [0.1, 0.15) is 0 Å². The highest BCUT2D eigenvalue weighted by atomic mass is 79.9. The Kier molecular flexibility index (Phi) is 8.49. The van der Waals surface area contributed by atoms with E-state index in [0.29, 0.717) is 45.1 Å². The summed E-state index contributed by atoms with van der Waals surface area (Å²) >= 11 is 3.42. The number of rotatable bonds is 9. The highest BCUT2D eigenvalue weighted by molar-refractivity contribution is 9.10. The number of carbonyl (C=O) groups is 1. The second kappa shape index (κ2) is 9.91. The predicted molar refractivity (Wildman–Crippen MR) is 83.0 cm³/mol. The first kappa shape index (κ1) is 17.1. The zero-order chi connectivity index (χ0) is 14.8. The van der Waals surface area contributed by atoms with Gasteiger partial charge in [-0.05, 0) is 41.9 Å². The second-order valence-electron chi connectivity index (χ2n) is 4.17. The minimum atomic E-state index is -0.00289. The van der Waals surface area contributed by atoms with E-state index in [1.807, 2.05) is 38.1 Å². The van der Waals surface area contributed by atoms with E-state index in [9.17, 15) is 4.79 Å². The van der Waals surface area contributed by atoms with Crippen LogP contribution in [-0.2, 0) is 9.47 Å². The van der Waals surface area contributed by atoms with Crippen LogP contribution in [0.5, 0.6) is 0 Å². The lowest BCUT2D eigenvalue weighted by molar-refractivity contribution is 0.0549.